The fourth-order valence-corrected chi connectivity index (χ4v) is 3.36. The molecule has 0 aromatic heterocycles. The van der Waals surface area contributed by atoms with Crippen LogP contribution in [0.4, 0.5) is 0 Å². The highest BCUT2D eigenvalue weighted by atomic mass is 79.9. The maximum absolute atomic E-state index is 6.38. The normalized spacial score (nSPS) is 12.5. The molecule has 0 aliphatic rings. The van der Waals surface area contributed by atoms with Crippen LogP contribution in [0.3, 0.4) is 0 Å². The lowest BCUT2D eigenvalue weighted by molar-refractivity contribution is 0.858. The standard InChI is InChI=1S/C15H15Br2N/c1-9-3-4-10(2)14(5-9)15(18)11-6-12(16)8-13(17)7-11/h3-8,15H,18H2,1-2H3. The minimum absolute atomic E-state index is 0.0984. The predicted octanol–water partition coefficient (Wildman–Crippen LogP) is 4.88. The summed E-state index contributed by atoms with van der Waals surface area (Å²) in [7, 11) is 0. The molecule has 0 radical (unpaired) electrons. The molecule has 0 aliphatic carbocycles. The second-order valence-electron chi connectivity index (χ2n) is 4.54. The zero-order valence-corrected chi connectivity index (χ0v) is 13.5. The molecule has 0 saturated carbocycles. The van der Waals surface area contributed by atoms with Crippen LogP contribution in [0.5, 0.6) is 0 Å². The quantitative estimate of drug-likeness (QED) is 0.803. The van der Waals surface area contributed by atoms with Gasteiger partial charge >= 0.3 is 0 Å². The molecule has 0 amide bonds. The fourth-order valence-electron chi connectivity index (χ4n) is 2.03. The molecule has 2 N–H and O–H groups in total. The van der Waals surface area contributed by atoms with Gasteiger partial charge in [-0.2, -0.15) is 0 Å². The molecule has 0 spiro atoms. The van der Waals surface area contributed by atoms with Crippen molar-refractivity contribution in [3.8, 4) is 0 Å². The molecule has 0 aliphatic heterocycles. The highest BCUT2D eigenvalue weighted by Crippen LogP contribution is 2.28. The van der Waals surface area contributed by atoms with Gasteiger partial charge in [0.25, 0.3) is 0 Å². The van der Waals surface area contributed by atoms with Gasteiger partial charge in [0, 0.05) is 8.95 Å². The lowest BCUT2D eigenvalue weighted by atomic mass is 9.94. The first kappa shape index (κ1) is 13.8. The van der Waals surface area contributed by atoms with Crippen molar-refractivity contribution < 1.29 is 0 Å². The molecule has 0 heterocycles. The van der Waals surface area contributed by atoms with E-state index in [-0.39, 0.29) is 6.04 Å². The smallest absolute Gasteiger partial charge is 0.0555 e. The maximum Gasteiger partial charge on any atom is 0.0555 e. The Balaban J connectivity index is 2.47. The van der Waals surface area contributed by atoms with Crippen LogP contribution in [0, 0.1) is 13.8 Å². The van der Waals surface area contributed by atoms with Crippen molar-refractivity contribution in [2.75, 3.05) is 0 Å². The average molecular weight is 369 g/mol. The number of benzene rings is 2. The van der Waals surface area contributed by atoms with Crippen LogP contribution in [0.1, 0.15) is 28.3 Å². The third kappa shape index (κ3) is 3.02. The van der Waals surface area contributed by atoms with Crippen LogP contribution < -0.4 is 5.73 Å². The lowest BCUT2D eigenvalue weighted by Gasteiger charge is -2.16. The third-order valence-corrected chi connectivity index (χ3v) is 3.93. The largest absolute Gasteiger partial charge is 0.320 e. The SMILES string of the molecule is Cc1ccc(C)c(C(N)c2cc(Br)cc(Br)c2)c1. The minimum atomic E-state index is -0.0984. The van der Waals surface area contributed by atoms with Gasteiger partial charge in [0.1, 0.15) is 0 Å². The van der Waals surface area contributed by atoms with Crippen molar-refractivity contribution in [1.82, 2.24) is 0 Å². The van der Waals surface area contributed by atoms with E-state index in [0.29, 0.717) is 0 Å². The van der Waals surface area contributed by atoms with E-state index in [1.807, 2.05) is 6.07 Å². The van der Waals surface area contributed by atoms with Gasteiger partial charge in [-0.3, -0.25) is 0 Å². The molecule has 18 heavy (non-hydrogen) atoms. The fraction of sp³-hybridized carbons (Fsp3) is 0.200. The topological polar surface area (TPSA) is 26.0 Å². The highest BCUT2D eigenvalue weighted by Gasteiger charge is 2.12. The van der Waals surface area contributed by atoms with Crippen molar-refractivity contribution in [1.29, 1.82) is 0 Å². The van der Waals surface area contributed by atoms with Crippen molar-refractivity contribution in [3.63, 3.8) is 0 Å². The average Bonchev–Trinajstić information content (AvgIpc) is 2.30. The molecule has 0 bridgehead atoms. The molecule has 2 aromatic rings. The maximum atomic E-state index is 6.38. The molecule has 0 fully saturated rings. The first-order valence-electron chi connectivity index (χ1n) is 5.76. The summed E-state index contributed by atoms with van der Waals surface area (Å²) in [6.07, 6.45) is 0. The molecule has 3 heteroatoms. The van der Waals surface area contributed by atoms with Crippen LogP contribution in [0.15, 0.2) is 45.3 Å². The summed E-state index contributed by atoms with van der Waals surface area (Å²) in [6, 6.07) is 12.4. The van der Waals surface area contributed by atoms with Gasteiger partial charge < -0.3 is 5.73 Å². The Bertz CT molecular complexity index is 558. The number of hydrogen-bond acceptors (Lipinski definition) is 1. The van der Waals surface area contributed by atoms with Gasteiger partial charge in [-0.15, -0.1) is 0 Å². The molecule has 0 saturated heterocycles. The molecule has 1 atom stereocenters. The molecular formula is C15H15Br2N. The van der Waals surface area contributed by atoms with E-state index in [0.717, 1.165) is 14.5 Å². The number of halogens is 2. The number of rotatable bonds is 2. The van der Waals surface area contributed by atoms with Crippen molar-refractivity contribution in [3.05, 3.63) is 67.6 Å². The molecule has 2 rings (SSSR count). The predicted molar refractivity (Wildman–Crippen MR) is 83.8 cm³/mol. The van der Waals surface area contributed by atoms with Crippen LogP contribution in [0.25, 0.3) is 0 Å². The minimum Gasteiger partial charge on any atom is -0.320 e. The summed E-state index contributed by atoms with van der Waals surface area (Å²) in [6.45, 7) is 4.19. The van der Waals surface area contributed by atoms with E-state index >= 15 is 0 Å². The summed E-state index contributed by atoms with van der Waals surface area (Å²) in [5, 5.41) is 0. The van der Waals surface area contributed by atoms with E-state index in [1.165, 1.54) is 16.7 Å². The summed E-state index contributed by atoms with van der Waals surface area (Å²) in [5.41, 5.74) is 11.1. The van der Waals surface area contributed by atoms with Gasteiger partial charge in [0.15, 0.2) is 0 Å². The Morgan fingerprint density at radius 1 is 0.944 bits per heavy atom. The van der Waals surface area contributed by atoms with Crippen LogP contribution >= 0.6 is 31.9 Å². The Kier molecular flexibility index (Phi) is 4.25. The van der Waals surface area contributed by atoms with E-state index < -0.39 is 0 Å². The van der Waals surface area contributed by atoms with Crippen LogP contribution in [-0.4, -0.2) is 0 Å². The van der Waals surface area contributed by atoms with Crippen molar-refractivity contribution in [2.24, 2.45) is 5.73 Å². The molecular weight excluding hydrogens is 354 g/mol. The Labute approximate surface area is 125 Å². The zero-order chi connectivity index (χ0) is 13.3. The van der Waals surface area contributed by atoms with E-state index in [2.05, 4.69) is 76.0 Å². The first-order valence-corrected chi connectivity index (χ1v) is 7.34. The van der Waals surface area contributed by atoms with Crippen LogP contribution in [-0.2, 0) is 0 Å². The second-order valence-corrected chi connectivity index (χ2v) is 6.37. The van der Waals surface area contributed by atoms with Gasteiger partial charge in [-0.25, -0.2) is 0 Å². The highest BCUT2D eigenvalue weighted by molar-refractivity contribution is 9.11. The summed E-state index contributed by atoms with van der Waals surface area (Å²) >= 11 is 7.00. The second kappa shape index (κ2) is 5.55. The summed E-state index contributed by atoms with van der Waals surface area (Å²) in [5.74, 6) is 0. The van der Waals surface area contributed by atoms with E-state index in [9.17, 15) is 0 Å². The summed E-state index contributed by atoms with van der Waals surface area (Å²) < 4.78 is 2.07. The van der Waals surface area contributed by atoms with Gasteiger partial charge in [-0.05, 0) is 48.7 Å². The number of hydrogen-bond donors (Lipinski definition) is 1. The molecule has 94 valence electrons. The van der Waals surface area contributed by atoms with Gasteiger partial charge in [0.05, 0.1) is 6.04 Å². The third-order valence-electron chi connectivity index (χ3n) is 3.01. The Morgan fingerprint density at radius 2 is 1.56 bits per heavy atom. The molecule has 2 aromatic carbocycles. The summed E-state index contributed by atoms with van der Waals surface area (Å²) in [4.78, 5) is 0. The Morgan fingerprint density at radius 3 is 2.17 bits per heavy atom. The van der Waals surface area contributed by atoms with Gasteiger partial charge in [0.2, 0.25) is 0 Å². The molecule has 1 nitrogen and oxygen atoms in total. The monoisotopic (exact) mass is 367 g/mol. The van der Waals surface area contributed by atoms with E-state index in [4.69, 9.17) is 5.73 Å². The molecule has 1 unspecified atom stereocenters. The van der Waals surface area contributed by atoms with Crippen molar-refractivity contribution >= 4 is 31.9 Å². The lowest BCUT2D eigenvalue weighted by Crippen LogP contribution is -2.13. The van der Waals surface area contributed by atoms with Crippen LogP contribution in [0.2, 0.25) is 0 Å². The van der Waals surface area contributed by atoms with Gasteiger partial charge in [-0.1, -0.05) is 55.6 Å². The number of aryl methyl sites for hydroxylation is 2. The zero-order valence-electron chi connectivity index (χ0n) is 10.4. The van der Waals surface area contributed by atoms with Crippen molar-refractivity contribution in [2.45, 2.75) is 19.9 Å². The number of nitrogens with two attached hydrogens (primary N) is 1. The van der Waals surface area contributed by atoms with E-state index in [1.54, 1.807) is 0 Å². The Hall–Kier alpha value is -0.640. The first-order chi connectivity index (χ1) is 8.47.